The maximum atomic E-state index is 13.3. The quantitative estimate of drug-likeness (QED) is 0.618. The first kappa shape index (κ1) is 24.6. The van der Waals surface area contributed by atoms with Crippen molar-refractivity contribution in [3.63, 3.8) is 0 Å². The zero-order valence-corrected chi connectivity index (χ0v) is 20.3. The molecule has 1 aromatic rings. The van der Waals surface area contributed by atoms with Crippen LogP contribution in [0, 0.1) is 12.8 Å². The number of nitrogens with zero attached hydrogens (tertiary/aromatic N) is 1. The Kier molecular flexibility index (Phi) is 8.20. The van der Waals surface area contributed by atoms with Gasteiger partial charge in [0.25, 0.3) is 5.91 Å². The Bertz CT molecular complexity index is 923. The molecule has 2 fully saturated rings. The average molecular weight is 464 g/mol. The van der Waals surface area contributed by atoms with Crippen LogP contribution < -0.4 is 10.6 Å². The molecule has 1 unspecified atom stereocenters. The van der Waals surface area contributed by atoms with Crippen molar-refractivity contribution >= 4 is 27.3 Å². The van der Waals surface area contributed by atoms with Gasteiger partial charge < -0.3 is 15.5 Å². The lowest BCUT2D eigenvalue weighted by Gasteiger charge is -2.38. The molecule has 1 saturated carbocycles. The van der Waals surface area contributed by atoms with Crippen molar-refractivity contribution in [3.05, 3.63) is 29.3 Å². The molecule has 0 spiro atoms. The van der Waals surface area contributed by atoms with E-state index >= 15 is 0 Å². The fraction of sp³-hybridized carbons (Fsp3) is 0.667. The molecule has 8 heteroatoms. The van der Waals surface area contributed by atoms with E-state index in [9.17, 15) is 18.0 Å². The second kappa shape index (κ2) is 10.7. The van der Waals surface area contributed by atoms with Crippen LogP contribution >= 0.6 is 0 Å². The number of nitrogens with one attached hydrogen (secondary N) is 2. The number of amides is 2. The fourth-order valence-electron chi connectivity index (χ4n) is 4.72. The summed E-state index contributed by atoms with van der Waals surface area (Å²) in [6.07, 6.45) is 5.77. The summed E-state index contributed by atoms with van der Waals surface area (Å²) >= 11 is 0. The Morgan fingerprint density at radius 2 is 1.81 bits per heavy atom. The zero-order valence-electron chi connectivity index (χ0n) is 19.5. The lowest BCUT2D eigenvalue weighted by atomic mass is 9.93. The number of rotatable bonds is 8. The second-order valence-electron chi connectivity index (χ2n) is 9.64. The number of carbonyl (C=O) groups is 2. The molecule has 0 radical (unpaired) electrons. The van der Waals surface area contributed by atoms with E-state index in [4.69, 9.17) is 0 Å². The van der Waals surface area contributed by atoms with Crippen LogP contribution in [0.25, 0.3) is 0 Å². The van der Waals surface area contributed by atoms with Crippen LogP contribution in [-0.4, -0.2) is 61.8 Å². The van der Waals surface area contributed by atoms with Crippen molar-refractivity contribution in [2.75, 3.05) is 29.9 Å². The molecule has 7 nitrogen and oxygen atoms in total. The molecule has 1 heterocycles. The van der Waals surface area contributed by atoms with E-state index in [2.05, 4.69) is 10.6 Å². The van der Waals surface area contributed by atoms with Crippen LogP contribution in [-0.2, 0) is 14.6 Å². The van der Waals surface area contributed by atoms with Gasteiger partial charge in [-0.2, -0.15) is 0 Å². The standard InChI is InChI=1S/C24H37N3O4S/c1-17(2)14-26-24(29)19-9-10-22(18(3)13-19)25-15-23(28)27(20-7-5-4-6-8-20)21-11-12-32(30,31)16-21/h9-10,13,17,20-21,25H,4-8,11-12,14-16H2,1-3H3,(H,26,29). The molecule has 0 aromatic heterocycles. The summed E-state index contributed by atoms with van der Waals surface area (Å²) in [4.78, 5) is 27.4. The largest absolute Gasteiger partial charge is 0.376 e. The molecule has 178 valence electrons. The normalized spacial score (nSPS) is 20.8. The van der Waals surface area contributed by atoms with Gasteiger partial charge in [-0.05, 0) is 55.9 Å². The Hall–Kier alpha value is -2.09. The molecule has 0 bridgehead atoms. The first-order chi connectivity index (χ1) is 15.2. The van der Waals surface area contributed by atoms with Gasteiger partial charge in [0.15, 0.2) is 9.84 Å². The molecule has 32 heavy (non-hydrogen) atoms. The number of aryl methyl sites for hydroxylation is 1. The first-order valence-electron chi connectivity index (χ1n) is 11.8. The molecule has 1 aliphatic carbocycles. The summed E-state index contributed by atoms with van der Waals surface area (Å²) in [7, 11) is -3.06. The van der Waals surface area contributed by atoms with E-state index in [1.165, 1.54) is 6.42 Å². The average Bonchev–Trinajstić information content (AvgIpc) is 3.11. The monoisotopic (exact) mass is 463 g/mol. The number of benzene rings is 1. The van der Waals surface area contributed by atoms with Crippen LogP contribution in [0.15, 0.2) is 18.2 Å². The van der Waals surface area contributed by atoms with Gasteiger partial charge in [0.1, 0.15) is 0 Å². The summed E-state index contributed by atoms with van der Waals surface area (Å²) < 4.78 is 24.1. The van der Waals surface area contributed by atoms with E-state index in [1.54, 1.807) is 6.07 Å². The Morgan fingerprint density at radius 1 is 1.09 bits per heavy atom. The Morgan fingerprint density at radius 3 is 2.41 bits per heavy atom. The molecule has 3 rings (SSSR count). The third-order valence-corrected chi connectivity index (χ3v) is 8.20. The lowest BCUT2D eigenvalue weighted by Crippen LogP contribution is -2.50. The molecule has 1 atom stereocenters. The highest BCUT2D eigenvalue weighted by atomic mass is 32.2. The van der Waals surface area contributed by atoms with Gasteiger partial charge in [-0.25, -0.2) is 8.42 Å². The molecular weight excluding hydrogens is 426 g/mol. The number of anilines is 1. The summed E-state index contributed by atoms with van der Waals surface area (Å²) in [5.41, 5.74) is 2.30. The highest BCUT2D eigenvalue weighted by molar-refractivity contribution is 7.91. The predicted molar refractivity (Wildman–Crippen MR) is 128 cm³/mol. The summed E-state index contributed by atoms with van der Waals surface area (Å²) in [6.45, 7) is 6.75. The second-order valence-corrected chi connectivity index (χ2v) is 11.9. The molecule has 1 aliphatic heterocycles. The first-order valence-corrected chi connectivity index (χ1v) is 13.6. The van der Waals surface area contributed by atoms with E-state index in [1.807, 2.05) is 37.8 Å². The minimum absolute atomic E-state index is 0.0443. The van der Waals surface area contributed by atoms with Crippen molar-refractivity contribution in [2.24, 2.45) is 5.92 Å². The van der Waals surface area contributed by atoms with Gasteiger partial charge in [-0.3, -0.25) is 9.59 Å². The number of carbonyl (C=O) groups excluding carboxylic acids is 2. The minimum atomic E-state index is -3.06. The molecule has 2 N–H and O–H groups in total. The Labute approximate surface area is 192 Å². The van der Waals surface area contributed by atoms with Gasteiger partial charge in [0.2, 0.25) is 5.91 Å². The van der Waals surface area contributed by atoms with Crippen molar-refractivity contribution < 1.29 is 18.0 Å². The maximum Gasteiger partial charge on any atom is 0.251 e. The molecule has 1 saturated heterocycles. The van der Waals surface area contributed by atoms with E-state index in [0.717, 1.165) is 36.9 Å². The van der Waals surface area contributed by atoms with Crippen molar-refractivity contribution in [1.29, 1.82) is 0 Å². The lowest BCUT2D eigenvalue weighted by molar-refractivity contribution is -0.134. The highest BCUT2D eigenvalue weighted by Gasteiger charge is 2.38. The number of hydrogen-bond donors (Lipinski definition) is 2. The highest BCUT2D eigenvalue weighted by Crippen LogP contribution is 2.28. The third-order valence-electron chi connectivity index (χ3n) is 6.45. The SMILES string of the molecule is Cc1cc(C(=O)NCC(C)C)ccc1NCC(=O)N(C1CCCCC1)C1CCS(=O)(=O)C1. The molecule has 2 aliphatic rings. The van der Waals surface area contributed by atoms with Crippen LogP contribution in [0.3, 0.4) is 0 Å². The van der Waals surface area contributed by atoms with Gasteiger partial charge in [0, 0.05) is 29.9 Å². The topological polar surface area (TPSA) is 95.6 Å². The zero-order chi connectivity index (χ0) is 23.3. The molecule has 1 aromatic carbocycles. The fourth-order valence-corrected chi connectivity index (χ4v) is 6.44. The van der Waals surface area contributed by atoms with Crippen molar-refractivity contribution in [2.45, 2.75) is 71.4 Å². The van der Waals surface area contributed by atoms with Crippen molar-refractivity contribution in [1.82, 2.24) is 10.2 Å². The Balaban J connectivity index is 1.65. The van der Waals surface area contributed by atoms with Crippen LogP contribution in [0.4, 0.5) is 5.69 Å². The van der Waals surface area contributed by atoms with E-state index < -0.39 is 9.84 Å². The van der Waals surface area contributed by atoms with Gasteiger partial charge in [-0.1, -0.05) is 33.1 Å². The van der Waals surface area contributed by atoms with Crippen LogP contribution in [0.1, 0.15) is 68.3 Å². The van der Waals surface area contributed by atoms with Gasteiger partial charge in [0.05, 0.1) is 18.1 Å². The summed E-state index contributed by atoms with van der Waals surface area (Å²) in [6, 6.07) is 5.33. The van der Waals surface area contributed by atoms with E-state index in [-0.39, 0.29) is 41.9 Å². The van der Waals surface area contributed by atoms with Crippen molar-refractivity contribution in [3.8, 4) is 0 Å². The third kappa shape index (κ3) is 6.47. The number of hydrogen-bond acceptors (Lipinski definition) is 5. The predicted octanol–water partition coefficient (Wildman–Crippen LogP) is 3.14. The van der Waals surface area contributed by atoms with Gasteiger partial charge in [-0.15, -0.1) is 0 Å². The summed E-state index contributed by atoms with van der Waals surface area (Å²) in [5, 5.41) is 6.14. The maximum absolute atomic E-state index is 13.3. The molecule has 2 amide bonds. The van der Waals surface area contributed by atoms with E-state index in [0.29, 0.717) is 24.4 Å². The molecular formula is C24H37N3O4S. The summed E-state index contributed by atoms with van der Waals surface area (Å²) in [5.74, 6) is 0.483. The number of sulfone groups is 1. The van der Waals surface area contributed by atoms with Crippen LogP contribution in [0.2, 0.25) is 0 Å². The minimum Gasteiger partial charge on any atom is -0.376 e. The smallest absolute Gasteiger partial charge is 0.251 e. The van der Waals surface area contributed by atoms with Gasteiger partial charge >= 0.3 is 0 Å². The van der Waals surface area contributed by atoms with Crippen LogP contribution in [0.5, 0.6) is 0 Å².